The van der Waals surface area contributed by atoms with E-state index >= 15 is 0 Å². The summed E-state index contributed by atoms with van der Waals surface area (Å²) >= 11 is 5.80. The number of hydrogen-bond donors (Lipinski definition) is 0. The maximum Gasteiger partial charge on any atom is 0.152 e. The average Bonchev–Trinajstić information content (AvgIpc) is 2.55. The van der Waals surface area contributed by atoms with Crippen molar-refractivity contribution in [3.8, 4) is 5.69 Å². The molecule has 2 rings (SSSR count). The van der Waals surface area contributed by atoms with Crippen LogP contribution < -0.4 is 0 Å². The normalized spacial score (nSPS) is 10.4. The SMILES string of the molecule is Cc1nn(-c2ccc(Cl)cc2)c(C)c1N=O. The Morgan fingerprint density at radius 2 is 1.88 bits per heavy atom. The van der Waals surface area contributed by atoms with E-state index in [1.807, 2.05) is 19.1 Å². The number of benzene rings is 1. The van der Waals surface area contributed by atoms with Gasteiger partial charge in [-0.15, -0.1) is 4.91 Å². The standard InChI is InChI=1S/C11H10ClN3O/c1-7-11(14-16)8(2)15(13-7)10-5-3-9(12)4-6-10/h3-6H,1-2H3. The summed E-state index contributed by atoms with van der Waals surface area (Å²) < 4.78 is 1.68. The van der Waals surface area contributed by atoms with Crippen LogP contribution in [0.1, 0.15) is 11.4 Å². The third kappa shape index (κ3) is 1.72. The Morgan fingerprint density at radius 3 is 2.38 bits per heavy atom. The van der Waals surface area contributed by atoms with Crippen LogP contribution in [0, 0.1) is 18.8 Å². The highest BCUT2D eigenvalue weighted by Crippen LogP contribution is 2.25. The molecule has 0 spiro atoms. The lowest BCUT2D eigenvalue weighted by molar-refractivity contribution is 0.834. The molecule has 0 aliphatic carbocycles. The van der Waals surface area contributed by atoms with Crippen LogP contribution in [0.4, 0.5) is 5.69 Å². The second-order valence-electron chi connectivity index (χ2n) is 3.50. The number of aryl methyl sites for hydroxylation is 1. The van der Waals surface area contributed by atoms with Crippen LogP contribution in [0.3, 0.4) is 0 Å². The summed E-state index contributed by atoms with van der Waals surface area (Å²) in [5.41, 5.74) is 2.62. The molecular weight excluding hydrogens is 226 g/mol. The molecule has 0 atom stereocenters. The number of rotatable bonds is 2. The van der Waals surface area contributed by atoms with Gasteiger partial charge in [-0.1, -0.05) is 11.6 Å². The van der Waals surface area contributed by atoms with Gasteiger partial charge in [-0.2, -0.15) is 5.10 Å². The van der Waals surface area contributed by atoms with Gasteiger partial charge in [0.2, 0.25) is 0 Å². The van der Waals surface area contributed by atoms with E-state index in [-0.39, 0.29) is 0 Å². The molecule has 0 aliphatic rings. The summed E-state index contributed by atoms with van der Waals surface area (Å²) in [7, 11) is 0. The van der Waals surface area contributed by atoms with Crippen LogP contribution in [-0.4, -0.2) is 9.78 Å². The molecule has 4 nitrogen and oxygen atoms in total. The summed E-state index contributed by atoms with van der Waals surface area (Å²) in [6.07, 6.45) is 0. The largest absolute Gasteiger partial charge is 0.235 e. The van der Waals surface area contributed by atoms with Crippen molar-refractivity contribution < 1.29 is 0 Å². The zero-order valence-corrected chi connectivity index (χ0v) is 9.69. The molecule has 0 saturated carbocycles. The average molecular weight is 236 g/mol. The summed E-state index contributed by atoms with van der Waals surface area (Å²) in [6, 6.07) is 7.25. The first-order chi connectivity index (χ1) is 7.63. The van der Waals surface area contributed by atoms with Crippen LogP contribution in [0.15, 0.2) is 29.4 Å². The van der Waals surface area contributed by atoms with E-state index in [4.69, 9.17) is 11.6 Å². The summed E-state index contributed by atoms with van der Waals surface area (Å²) in [5, 5.41) is 7.90. The second kappa shape index (κ2) is 4.06. The molecular formula is C11H10ClN3O. The first-order valence-electron chi connectivity index (χ1n) is 4.79. The Balaban J connectivity index is 2.56. The van der Waals surface area contributed by atoms with Crippen molar-refractivity contribution in [2.75, 3.05) is 0 Å². The van der Waals surface area contributed by atoms with E-state index < -0.39 is 0 Å². The van der Waals surface area contributed by atoms with E-state index in [0.717, 1.165) is 11.4 Å². The first-order valence-corrected chi connectivity index (χ1v) is 5.17. The maximum absolute atomic E-state index is 10.6. The maximum atomic E-state index is 10.6. The highest BCUT2D eigenvalue weighted by atomic mass is 35.5. The lowest BCUT2D eigenvalue weighted by Crippen LogP contribution is -1.98. The molecule has 0 N–H and O–H groups in total. The number of nitroso groups, excluding NO2 is 1. The van der Waals surface area contributed by atoms with E-state index in [1.54, 1.807) is 23.7 Å². The molecule has 82 valence electrons. The van der Waals surface area contributed by atoms with Crippen LogP contribution >= 0.6 is 11.6 Å². The predicted octanol–water partition coefficient (Wildman–Crippen LogP) is 3.54. The molecule has 0 unspecified atom stereocenters. The minimum atomic E-state index is 0.398. The van der Waals surface area contributed by atoms with Gasteiger partial charge in [0.15, 0.2) is 5.69 Å². The number of nitrogens with zero attached hydrogens (tertiary/aromatic N) is 3. The van der Waals surface area contributed by atoms with Crippen molar-refractivity contribution >= 4 is 17.3 Å². The topological polar surface area (TPSA) is 47.2 Å². The Morgan fingerprint density at radius 1 is 1.25 bits per heavy atom. The number of hydrogen-bond acceptors (Lipinski definition) is 3. The van der Waals surface area contributed by atoms with Crippen LogP contribution in [0.5, 0.6) is 0 Å². The molecule has 2 aromatic rings. The van der Waals surface area contributed by atoms with Gasteiger partial charge in [0.25, 0.3) is 0 Å². The van der Waals surface area contributed by atoms with Gasteiger partial charge in [-0.25, -0.2) is 4.68 Å². The molecule has 16 heavy (non-hydrogen) atoms. The van der Waals surface area contributed by atoms with Crippen molar-refractivity contribution in [3.05, 3.63) is 45.6 Å². The smallest absolute Gasteiger partial charge is 0.152 e. The highest BCUT2D eigenvalue weighted by molar-refractivity contribution is 6.30. The Labute approximate surface area is 97.8 Å². The van der Waals surface area contributed by atoms with Gasteiger partial charge in [0.05, 0.1) is 17.1 Å². The molecule has 0 fully saturated rings. The Hall–Kier alpha value is -1.68. The monoisotopic (exact) mass is 235 g/mol. The van der Waals surface area contributed by atoms with Gasteiger partial charge >= 0.3 is 0 Å². The van der Waals surface area contributed by atoms with E-state index in [9.17, 15) is 4.91 Å². The van der Waals surface area contributed by atoms with Crippen LogP contribution in [0.25, 0.3) is 5.69 Å². The van der Waals surface area contributed by atoms with Crippen molar-refractivity contribution in [3.63, 3.8) is 0 Å². The minimum Gasteiger partial charge on any atom is -0.235 e. The molecule has 0 saturated heterocycles. The summed E-state index contributed by atoms with van der Waals surface area (Å²) in [6.45, 7) is 3.57. The first kappa shape index (κ1) is 10.8. The second-order valence-corrected chi connectivity index (χ2v) is 3.94. The van der Waals surface area contributed by atoms with Crippen molar-refractivity contribution in [2.24, 2.45) is 5.18 Å². The van der Waals surface area contributed by atoms with Gasteiger partial charge in [0, 0.05) is 5.02 Å². The Bertz CT molecular complexity index is 531. The van der Waals surface area contributed by atoms with Gasteiger partial charge in [-0.05, 0) is 43.3 Å². The van der Waals surface area contributed by atoms with Crippen LogP contribution in [0.2, 0.25) is 5.02 Å². The summed E-state index contributed by atoms with van der Waals surface area (Å²) in [5.74, 6) is 0. The summed E-state index contributed by atoms with van der Waals surface area (Å²) in [4.78, 5) is 10.6. The third-order valence-electron chi connectivity index (χ3n) is 2.42. The van der Waals surface area contributed by atoms with E-state index in [0.29, 0.717) is 16.4 Å². The zero-order valence-electron chi connectivity index (χ0n) is 8.94. The van der Waals surface area contributed by atoms with Gasteiger partial charge in [-0.3, -0.25) is 0 Å². The molecule has 0 radical (unpaired) electrons. The molecule has 0 amide bonds. The highest BCUT2D eigenvalue weighted by Gasteiger charge is 2.12. The minimum absolute atomic E-state index is 0.398. The van der Waals surface area contributed by atoms with E-state index in [2.05, 4.69) is 10.3 Å². The molecule has 5 heteroatoms. The van der Waals surface area contributed by atoms with Gasteiger partial charge in [0.1, 0.15) is 0 Å². The molecule has 1 aromatic carbocycles. The zero-order chi connectivity index (χ0) is 11.7. The quantitative estimate of drug-likeness (QED) is 0.748. The fraction of sp³-hybridized carbons (Fsp3) is 0.182. The molecule has 0 aliphatic heterocycles. The predicted molar refractivity (Wildman–Crippen MR) is 63.5 cm³/mol. The van der Waals surface area contributed by atoms with Crippen molar-refractivity contribution in [1.29, 1.82) is 0 Å². The van der Waals surface area contributed by atoms with Gasteiger partial charge < -0.3 is 0 Å². The van der Waals surface area contributed by atoms with E-state index in [1.165, 1.54) is 0 Å². The number of halogens is 1. The molecule has 1 heterocycles. The Kier molecular flexibility index (Phi) is 2.75. The van der Waals surface area contributed by atoms with Crippen LogP contribution in [-0.2, 0) is 0 Å². The molecule has 0 bridgehead atoms. The third-order valence-corrected chi connectivity index (χ3v) is 2.67. The molecule has 1 aromatic heterocycles. The lowest BCUT2D eigenvalue weighted by atomic mass is 10.3. The number of aromatic nitrogens is 2. The van der Waals surface area contributed by atoms with Crippen molar-refractivity contribution in [1.82, 2.24) is 9.78 Å². The fourth-order valence-corrected chi connectivity index (χ4v) is 1.73. The fourth-order valence-electron chi connectivity index (χ4n) is 1.60. The van der Waals surface area contributed by atoms with Crippen molar-refractivity contribution in [2.45, 2.75) is 13.8 Å². The lowest BCUT2D eigenvalue weighted by Gasteiger charge is -2.03.